The Hall–Kier alpha value is -1.20. The van der Waals surface area contributed by atoms with Crippen molar-refractivity contribution in [2.45, 2.75) is 115 Å². The molecule has 0 aromatic heterocycles. The predicted octanol–water partition coefficient (Wildman–Crippen LogP) is 3.18. The minimum Gasteiger partial charge on any atom is -0.352 e. The molecule has 0 radical (unpaired) electrons. The van der Waals surface area contributed by atoms with Crippen LogP contribution >= 0.6 is 0 Å². The summed E-state index contributed by atoms with van der Waals surface area (Å²) in [4.78, 5) is 12.5. The van der Waals surface area contributed by atoms with Gasteiger partial charge in [-0.3, -0.25) is 10.2 Å². The Kier molecular flexibility index (Phi) is 7.33. The van der Waals surface area contributed by atoms with Crippen LogP contribution < -0.4 is 21.4 Å². The average molecular weight is 511 g/mol. The Labute approximate surface area is 224 Å². The van der Waals surface area contributed by atoms with E-state index in [2.05, 4.69) is 53.3 Å². The molecule has 37 heavy (non-hydrogen) atoms. The number of carbonyl (C=O) groups is 1. The van der Waals surface area contributed by atoms with Crippen LogP contribution in [0.25, 0.3) is 0 Å². The normalized spacial score (nSPS) is 44.9. The van der Waals surface area contributed by atoms with Gasteiger partial charge in [0.05, 0.1) is 17.5 Å². The van der Waals surface area contributed by atoms with Gasteiger partial charge in [-0.05, 0) is 127 Å². The number of carbonyl (C=O) groups excluding carboxylic acids is 1. The van der Waals surface area contributed by atoms with E-state index >= 15 is 0 Å². The molecular weight excluding hydrogens is 460 g/mol. The third kappa shape index (κ3) is 5.21. The van der Waals surface area contributed by atoms with E-state index in [1.807, 2.05) is 0 Å². The van der Waals surface area contributed by atoms with Crippen LogP contribution in [0.4, 0.5) is 0 Å². The molecule has 3 heterocycles. The van der Waals surface area contributed by atoms with Gasteiger partial charge in [0.2, 0.25) is 5.91 Å². The van der Waals surface area contributed by atoms with Crippen LogP contribution in [0.1, 0.15) is 84.5 Å². The fourth-order valence-corrected chi connectivity index (χ4v) is 9.10. The number of fused-ring (bicyclic) bond motifs is 3. The second-order valence-electron chi connectivity index (χ2n) is 14.2. The zero-order valence-corrected chi connectivity index (χ0v) is 23.3. The lowest BCUT2D eigenvalue weighted by Gasteiger charge is -2.50. The Morgan fingerprint density at radius 3 is 2.32 bits per heavy atom. The monoisotopic (exact) mass is 510 g/mol. The number of hydrazine groups is 1. The van der Waals surface area contributed by atoms with Crippen LogP contribution in [-0.2, 0) is 4.79 Å². The van der Waals surface area contributed by atoms with Crippen molar-refractivity contribution in [1.29, 1.82) is 5.26 Å². The van der Waals surface area contributed by atoms with Gasteiger partial charge in [0, 0.05) is 37.8 Å². The van der Waals surface area contributed by atoms with Crippen LogP contribution in [0, 0.1) is 52.3 Å². The first-order valence-corrected chi connectivity index (χ1v) is 15.5. The van der Waals surface area contributed by atoms with Gasteiger partial charge in [-0.2, -0.15) is 5.26 Å². The summed E-state index contributed by atoms with van der Waals surface area (Å²) in [5, 5.41) is 22.9. The lowest BCUT2D eigenvalue weighted by atomic mass is 9.60. The number of nitriles is 1. The van der Waals surface area contributed by atoms with Gasteiger partial charge < -0.3 is 16.0 Å². The number of piperidine rings is 2. The van der Waals surface area contributed by atoms with Crippen LogP contribution in [-0.4, -0.2) is 61.3 Å². The zero-order valence-electron chi connectivity index (χ0n) is 23.3. The maximum absolute atomic E-state index is 12.5. The van der Waals surface area contributed by atoms with E-state index in [0.717, 1.165) is 56.0 Å². The summed E-state index contributed by atoms with van der Waals surface area (Å²) < 4.78 is 0. The van der Waals surface area contributed by atoms with Crippen molar-refractivity contribution in [3.63, 3.8) is 0 Å². The van der Waals surface area contributed by atoms with Crippen LogP contribution in [0.3, 0.4) is 0 Å². The Balaban J connectivity index is 1.09. The fourth-order valence-electron chi connectivity index (χ4n) is 9.10. The standard InChI is InChI=1S/C30H50N6O/c1-30(2,17-31)21-8-4-18(5-9-21)28-27-23-14-19(6-12-24(23)33-16-26(27)36(3)35-28)20-7-13-25(32-15-20)29(37)34-22-10-11-22/h18-28,32-33,35H,4-16H2,1-3H3,(H,34,37). The quantitative estimate of drug-likeness (QED) is 0.454. The van der Waals surface area contributed by atoms with Gasteiger partial charge in [0.1, 0.15) is 0 Å². The minimum atomic E-state index is -0.199. The van der Waals surface area contributed by atoms with Crippen LogP contribution in [0.15, 0.2) is 0 Å². The molecule has 8 unspecified atom stereocenters. The highest BCUT2D eigenvalue weighted by Gasteiger charge is 2.53. The van der Waals surface area contributed by atoms with Gasteiger partial charge >= 0.3 is 0 Å². The number of likely N-dealkylation sites (N-methyl/N-ethyl adjacent to an activating group) is 1. The molecule has 0 aromatic rings. The smallest absolute Gasteiger partial charge is 0.237 e. The predicted molar refractivity (Wildman–Crippen MR) is 145 cm³/mol. The molecule has 3 aliphatic carbocycles. The molecule has 6 rings (SSSR count). The lowest BCUT2D eigenvalue weighted by Crippen LogP contribution is -2.59. The molecule has 3 saturated carbocycles. The maximum Gasteiger partial charge on any atom is 0.237 e. The molecule has 0 aromatic carbocycles. The van der Waals surface area contributed by atoms with Gasteiger partial charge in [0.15, 0.2) is 0 Å². The Morgan fingerprint density at radius 1 is 0.919 bits per heavy atom. The summed E-state index contributed by atoms with van der Waals surface area (Å²) in [6, 6.07) is 4.88. The molecular formula is C30H50N6O. The number of rotatable bonds is 5. The molecule has 7 heteroatoms. The molecule has 0 bridgehead atoms. The molecule has 6 aliphatic rings. The lowest BCUT2D eigenvalue weighted by molar-refractivity contribution is -0.124. The third-order valence-electron chi connectivity index (χ3n) is 11.7. The first kappa shape index (κ1) is 26.0. The van der Waals surface area contributed by atoms with Gasteiger partial charge in [-0.25, -0.2) is 5.01 Å². The number of nitrogens with one attached hydrogen (secondary N) is 4. The van der Waals surface area contributed by atoms with Crippen LogP contribution in [0.5, 0.6) is 0 Å². The second kappa shape index (κ2) is 10.4. The van der Waals surface area contributed by atoms with E-state index in [1.165, 1.54) is 51.4 Å². The molecule has 4 N–H and O–H groups in total. The highest BCUT2D eigenvalue weighted by atomic mass is 16.2. The maximum atomic E-state index is 12.5. The second-order valence-corrected chi connectivity index (χ2v) is 14.2. The van der Waals surface area contributed by atoms with Crippen molar-refractivity contribution >= 4 is 5.91 Å². The van der Waals surface area contributed by atoms with E-state index in [1.54, 1.807) is 0 Å². The van der Waals surface area contributed by atoms with Gasteiger partial charge in [-0.15, -0.1) is 0 Å². The Bertz CT molecular complexity index is 866. The van der Waals surface area contributed by atoms with Crippen molar-refractivity contribution in [3.8, 4) is 6.07 Å². The molecule has 8 atom stereocenters. The van der Waals surface area contributed by atoms with E-state index in [9.17, 15) is 10.1 Å². The molecule has 6 fully saturated rings. The van der Waals surface area contributed by atoms with Crippen molar-refractivity contribution in [1.82, 2.24) is 26.4 Å². The first-order chi connectivity index (χ1) is 17.8. The third-order valence-corrected chi connectivity index (χ3v) is 11.7. The summed E-state index contributed by atoms with van der Waals surface area (Å²) in [5.74, 6) is 4.45. The molecule has 3 saturated heterocycles. The molecule has 206 valence electrons. The van der Waals surface area contributed by atoms with Crippen molar-refractivity contribution in [3.05, 3.63) is 0 Å². The van der Waals surface area contributed by atoms with Crippen molar-refractivity contribution < 1.29 is 4.79 Å². The number of hydrogen-bond acceptors (Lipinski definition) is 6. The first-order valence-electron chi connectivity index (χ1n) is 15.5. The molecule has 3 aliphatic heterocycles. The van der Waals surface area contributed by atoms with E-state index in [-0.39, 0.29) is 17.4 Å². The van der Waals surface area contributed by atoms with Crippen molar-refractivity contribution in [2.24, 2.45) is 40.9 Å². The number of amides is 1. The van der Waals surface area contributed by atoms with Gasteiger partial charge in [0.25, 0.3) is 0 Å². The molecule has 1 amide bonds. The highest BCUT2D eigenvalue weighted by Crippen LogP contribution is 2.49. The highest BCUT2D eigenvalue weighted by molar-refractivity contribution is 5.82. The minimum absolute atomic E-state index is 0.0205. The summed E-state index contributed by atoms with van der Waals surface area (Å²) >= 11 is 0. The topological polar surface area (TPSA) is 92.2 Å². The number of hydrogen-bond donors (Lipinski definition) is 4. The Morgan fingerprint density at radius 2 is 1.65 bits per heavy atom. The summed E-state index contributed by atoms with van der Waals surface area (Å²) in [7, 11) is 2.27. The summed E-state index contributed by atoms with van der Waals surface area (Å²) in [6.45, 7) is 6.39. The molecule has 7 nitrogen and oxygen atoms in total. The molecule has 0 spiro atoms. The largest absolute Gasteiger partial charge is 0.352 e. The zero-order chi connectivity index (χ0) is 25.7. The van der Waals surface area contributed by atoms with E-state index in [4.69, 9.17) is 0 Å². The van der Waals surface area contributed by atoms with E-state index < -0.39 is 0 Å². The fraction of sp³-hybridized carbons (Fsp3) is 0.933. The summed E-state index contributed by atoms with van der Waals surface area (Å²) in [5.41, 5.74) is 3.77. The average Bonchev–Trinajstić information content (AvgIpc) is 3.68. The van der Waals surface area contributed by atoms with Crippen LogP contribution in [0.2, 0.25) is 0 Å². The number of nitrogens with zero attached hydrogens (tertiary/aromatic N) is 2. The van der Waals surface area contributed by atoms with E-state index in [0.29, 0.717) is 36.0 Å². The summed E-state index contributed by atoms with van der Waals surface area (Å²) in [6.07, 6.45) is 13.4. The SMILES string of the molecule is CN1NC(C2CCC(C(C)(C)C#N)CC2)C2C3CC(C4CCC(C(=O)NC5CC5)NC4)CCC3NCC21. The van der Waals surface area contributed by atoms with Gasteiger partial charge in [-0.1, -0.05) is 0 Å². The van der Waals surface area contributed by atoms with Crippen molar-refractivity contribution in [2.75, 3.05) is 20.1 Å².